The monoisotopic (exact) mass is 227 g/mol. The van der Waals surface area contributed by atoms with Crippen LogP contribution in [0.25, 0.3) is 0 Å². The molecule has 0 radical (unpaired) electrons. The summed E-state index contributed by atoms with van der Waals surface area (Å²) in [6.07, 6.45) is 9.26. The van der Waals surface area contributed by atoms with Gasteiger partial charge in [0.25, 0.3) is 0 Å². The summed E-state index contributed by atoms with van der Waals surface area (Å²) in [5.74, 6) is 0.983. The van der Waals surface area contributed by atoms with Crippen molar-refractivity contribution in [2.24, 2.45) is 17.1 Å². The SMILES string of the molecule is CC(C)(CN)CCCCOCCC1CCC1. The van der Waals surface area contributed by atoms with E-state index in [1.807, 2.05) is 0 Å². The van der Waals surface area contributed by atoms with E-state index in [1.165, 1.54) is 44.9 Å². The topological polar surface area (TPSA) is 35.2 Å². The van der Waals surface area contributed by atoms with Crippen LogP contribution >= 0.6 is 0 Å². The van der Waals surface area contributed by atoms with E-state index in [1.54, 1.807) is 0 Å². The van der Waals surface area contributed by atoms with Crippen molar-refractivity contribution in [3.63, 3.8) is 0 Å². The molecule has 0 aromatic rings. The molecule has 16 heavy (non-hydrogen) atoms. The highest BCUT2D eigenvalue weighted by molar-refractivity contribution is 4.69. The zero-order valence-electron chi connectivity index (χ0n) is 11.1. The first kappa shape index (κ1) is 14.0. The highest BCUT2D eigenvalue weighted by atomic mass is 16.5. The highest BCUT2D eigenvalue weighted by Crippen LogP contribution is 2.29. The summed E-state index contributed by atoms with van der Waals surface area (Å²) < 4.78 is 5.66. The van der Waals surface area contributed by atoms with Crippen LogP contribution in [0.4, 0.5) is 0 Å². The predicted octanol–water partition coefficient (Wildman–Crippen LogP) is 3.35. The van der Waals surface area contributed by atoms with Crippen LogP contribution in [-0.2, 0) is 4.74 Å². The van der Waals surface area contributed by atoms with Gasteiger partial charge < -0.3 is 10.5 Å². The van der Waals surface area contributed by atoms with E-state index in [0.29, 0.717) is 5.41 Å². The molecular weight excluding hydrogens is 198 g/mol. The third-order valence-corrected chi connectivity index (χ3v) is 3.84. The molecule has 2 N–H and O–H groups in total. The predicted molar refractivity (Wildman–Crippen MR) is 69.5 cm³/mol. The van der Waals surface area contributed by atoms with E-state index in [4.69, 9.17) is 10.5 Å². The maximum Gasteiger partial charge on any atom is 0.0468 e. The molecule has 0 bridgehead atoms. The van der Waals surface area contributed by atoms with Crippen LogP contribution in [0.1, 0.15) is 58.8 Å². The van der Waals surface area contributed by atoms with Crippen LogP contribution in [0.3, 0.4) is 0 Å². The summed E-state index contributed by atoms with van der Waals surface area (Å²) in [6.45, 7) is 7.18. The molecule has 0 spiro atoms. The molecule has 1 rings (SSSR count). The van der Waals surface area contributed by atoms with Gasteiger partial charge in [0.2, 0.25) is 0 Å². The standard InChI is InChI=1S/C14H29NO/c1-14(2,12-15)9-3-4-10-16-11-8-13-6-5-7-13/h13H,3-12,15H2,1-2H3. The zero-order chi connectivity index (χ0) is 11.9. The van der Waals surface area contributed by atoms with Crippen molar-refractivity contribution < 1.29 is 4.74 Å². The van der Waals surface area contributed by atoms with Crippen molar-refractivity contribution >= 4 is 0 Å². The van der Waals surface area contributed by atoms with E-state index in [2.05, 4.69) is 13.8 Å². The van der Waals surface area contributed by atoms with Crippen molar-refractivity contribution in [3.8, 4) is 0 Å². The molecule has 96 valence electrons. The first-order chi connectivity index (χ1) is 7.64. The van der Waals surface area contributed by atoms with E-state index in [-0.39, 0.29) is 0 Å². The smallest absolute Gasteiger partial charge is 0.0468 e. The van der Waals surface area contributed by atoms with Crippen LogP contribution in [0.2, 0.25) is 0 Å². The fourth-order valence-electron chi connectivity index (χ4n) is 2.04. The van der Waals surface area contributed by atoms with Crippen molar-refractivity contribution in [3.05, 3.63) is 0 Å². The van der Waals surface area contributed by atoms with E-state index < -0.39 is 0 Å². The normalized spacial score (nSPS) is 17.4. The molecule has 1 saturated carbocycles. The summed E-state index contributed by atoms with van der Waals surface area (Å²) in [5, 5.41) is 0. The number of ether oxygens (including phenoxy) is 1. The molecule has 2 nitrogen and oxygen atoms in total. The Balaban J connectivity index is 1.80. The molecule has 2 heteroatoms. The van der Waals surface area contributed by atoms with Crippen LogP contribution in [0.5, 0.6) is 0 Å². The van der Waals surface area contributed by atoms with E-state index in [9.17, 15) is 0 Å². The number of rotatable bonds is 9. The van der Waals surface area contributed by atoms with Crippen molar-refractivity contribution in [2.45, 2.75) is 58.8 Å². The molecule has 0 atom stereocenters. The molecule has 0 heterocycles. The summed E-state index contributed by atoms with van der Waals surface area (Å²) in [5.41, 5.74) is 6.00. The maximum atomic E-state index is 5.69. The van der Waals surface area contributed by atoms with Gasteiger partial charge in [0.05, 0.1) is 0 Å². The Kier molecular flexibility index (Phi) is 6.37. The van der Waals surface area contributed by atoms with Gasteiger partial charge >= 0.3 is 0 Å². The summed E-state index contributed by atoms with van der Waals surface area (Å²) in [7, 11) is 0. The van der Waals surface area contributed by atoms with Gasteiger partial charge in [-0.2, -0.15) is 0 Å². The fraction of sp³-hybridized carbons (Fsp3) is 1.00. The second-order valence-electron chi connectivity index (χ2n) is 6.02. The summed E-state index contributed by atoms with van der Waals surface area (Å²) in [4.78, 5) is 0. The minimum atomic E-state index is 0.311. The molecule has 1 fully saturated rings. The number of hydrogen-bond donors (Lipinski definition) is 1. The number of hydrogen-bond acceptors (Lipinski definition) is 2. The minimum absolute atomic E-state index is 0.311. The molecule has 0 amide bonds. The molecule has 0 aromatic heterocycles. The maximum absolute atomic E-state index is 5.69. The van der Waals surface area contributed by atoms with Gasteiger partial charge in [-0.05, 0) is 37.1 Å². The van der Waals surface area contributed by atoms with E-state index >= 15 is 0 Å². The molecule has 0 aromatic carbocycles. The lowest BCUT2D eigenvalue weighted by Crippen LogP contribution is -2.23. The second-order valence-corrected chi connectivity index (χ2v) is 6.02. The zero-order valence-corrected chi connectivity index (χ0v) is 11.1. The third kappa shape index (κ3) is 5.86. The van der Waals surface area contributed by atoms with Crippen LogP contribution in [0, 0.1) is 11.3 Å². The lowest BCUT2D eigenvalue weighted by atomic mass is 9.83. The molecule has 0 saturated heterocycles. The molecule has 1 aliphatic rings. The first-order valence-electron chi connectivity index (χ1n) is 6.92. The Morgan fingerprint density at radius 3 is 2.50 bits per heavy atom. The van der Waals surface area contributed by atoms with Gasteiger partial charge in [-0.25, -0.2) is 0 Å². The number of unbranched alkanes of at least 4 members (excludes halogenated alkanes) is 1. The van der Waals surface area contributed by atoms with Gasteiger partial charge in [0.15, 0.2) is 0 Å². The van der Waals surface area contributed by atoms with E-state index in [0.717, 1.165) is 25.7 Å². The molecular formula is C14H29NO. The average Bonchev–Trinajstić information content (AvgIpc) is 2.19. The summed E-state index contributed by atoms with van der Waals surface area (Å²) >= 11 is 0. The fourth-order valence-corrected chi connectivity index (χ4v) is 2.04. The quantitative estimate of drug-likeness (QED) is 0.613. The van der Waals surface area contributed by atoms with Crippen LogP contribution in [-0.4, -0.2) is 19.8 Å². The molecule has 1 aliphatic carbocycles. The van der Waals surface area contributed by atoms with Gasteiger partial charge in [0.1, 0.15) is 0 Å². The van der Waals surface area contributed by atoms with Crippen molar-refractivity contribution in [1.82, 2.24) is 0 Å². The molecule has 0 aliphatic heterocycles. The molecule has 0 unspecified atom stereocenters. The minimum Gasteiger partial charge on any atom is -0.381 e. The van der Waals surface area contributed by atoms with Gasteiger partial charge in [-0.3, -0.25) is 0 Å². The lowest BCUT2D eigenvalue weighted by Gasteiger charge is -2.25. The van der Waals surface area contributed by atoms with Gasteiger partial charge in [0, 0.05) is 13.2 Å². The summed E-state index contributed by atoms with van der Waals surface area (Å²) in [6, 6.07) is 0. The van der Waals surface area contributed by atoms with Crippen LogP contribution in [0.15, 0.2) is 0 Å². The largest absolute Gasteiger partial charge is 0.381 e. The Morgan fingerprint density at radius 2 is 1.94 bits per heavy atom. The average molecular weight is 227 g/mol. The number of nitrogens with two attached hydrogens (primary N) is 1. The highest BCUT2D eigenvalue weighted by Gasteiger charge is 2.16. The van der Waals surface area contributed by atoms with Gasteiger partial charge in [-0.15, -0.1) is 0 Å². The Hall–Kier alpha value is -0.0800. The van der Waals surface area contributed by atoms with Gasteiger partial charge in [-0.1, -0.05) is 39.5 Å². The second kappa shape index (κ2) is 7.29. The lowest BCUT2D eigenvalue weighted by molar-refractivity contribution is 0.102. The third-order valence-electron chi connectivity index (χ3n) is 3.84. The Morgan fingerprint density at radius 1 is 1.19 bits per heavy atom. The van der Waals surface area contributed by atoms with Crippen LogP contribution < -0.4 is 5.73 Å². The Labute approximate surface area is 101 Å². The van der Waals surface area contributed by atoms with Crippen molar-refractivity contribution in [1.29, 1.82) is 0 Å². The Bertz CT molecular complexity index is 176. The first-order valence-corrected chi connectivity index (χ1v) is 6.92. The van der Waals surface area contributed by atoms with Crippen molar-refractivity contribution in [2.75, 3.05) is 19.8 Å².